The standard InChI is InChI=1S/C15H19F3N2.C13H15ClN2.C13H17F3N2O4/c1-4-8-20(11(3)5-2)13-7-6-12(10-19)14(9-13)15(16,17)18;1-4-16(9-10(2)3)12-6-5-11(8-15)13(14)7-12;1-21-7-5-17(6-8-22-2)10-3-4-12(18(19)20)11(9-10)13(14,15)16/h6-7,9,11H,4-5,8H2,1-3H3;5-7H,2,4,9H2,1,3H3;3-4,9H,5-8H2,1-2H3. The predicted octanol–water partition coefficient (Wildman–Crippen LogP) is 10.9. The summed E-state index contributed by atoms with van der Waals surface area (Å²) in [5.74, 6) is 0. The minimum atomic E-state index is -4.80. The van der Waals surface area contributed by atoms with Gasteiger partial charge in [0.15, 0.2) is 0 Å². The van der Waals surface area contributed by atoms with Crippen LogP contribution in [0.25, 0.3) is 0 Å². The van der Waals surface area contributed by atoms with Gasteiger partial charge in [-0.2, -0.15) is 36.9 Å². The Bertz CT molecular complexity index is 1850. The molecule has 0 bridgehead atoms. The lowest BCUT2D eigenvalue weighted by molar-refractivity contribution is -0.388. The molecule has 3 aromatic carbocycles. The van der Waals surface area contributed by atoms with Crippen LogP contribution in [-0.4, -0.2) is 71.1 Å². The molecule has 1 atom stereocenters. The maximum absolute atomic E-state index is 13.0. The molecular formula is C41H51ClF6N6O4. The predicted molar refractivity (Wildman–Crippen MR) is 216 cm³/mol. The second-order valence-corrected chi connectivity index (χ2v) is 13.4. The molecule has 3 rings (SSSR count). The van der Waals surface area contributed by atoms with E-state index in [4.69, 9.17) is 31.6 Å². The zero-order valence-corrected chi connectivity index (χ0v) is 34.6. The smallest absolute Gasteiger partial charge is 0.383 e. The first-order chi connectivity index (χ1) is 27.2. The SMILES string of the molecule is C=C(C)CN(CC)c1ccc(C#N)c(Cl)c1.CCCN(c1ccc(C#N)c(C(F)(F)F)c1)C(C)CC.COCCN(CCOC)c1ccc([N+](=O)[O-])c(C(F)(F)F)c1. The van der Waals surface area contributed by atoms with Crippen molar-refractivity contribution in [3.05, 3.63) is 104 Å². The topological polar surface area (TPSA) is 119 Å². The highest BCUT2D eigenvalue weighted by molar-refractivity contribution is 6.32. The van der Waals surface area contributed by atoms with E-state index in [0.29, 0.717) is 49.1 Å². The molecule has 17 heteroatoms. The number of rotatable bonds is 17. The van der Waals surface area contributed by atoms with Crippen molar-refractivity contribution in [1.29, 1.82) is 10.5 Å². The summed E-state index contributed by atoms with van der Waals surface area (Å²) in [7, 11) is 2.96. The molecule has 58 heavy (non-hydrogen) atoms. The van der Waals surface area contributed by atoms with Crippen molar-refractivity contribution in [3.63, 3.8) is 0 Å². The van der Waals surface area contributed by atoms with E-state index in [1.807, 2.05) is 44.7 Å². The number of halogens is 7. The normalized spacial score (nSPS) is 11.4. The number of nitro groups is 1. The number of likely N-dealkylation sites (N-methyl/N-ethyl adjacent to an activating group) is 1. The Labute approximate surface area is 342 Å². The van der Waals surface area contributed by atoms with Crippen LogP contribution in [0.15, 0.2) is 66.7 Å². The number of alkyl halides is 6. The van der Waals surface area contributed by atoms with Crippen molar-refractivity contribution in [2.24, 2.45) is 0 Å². The number of nitrogens with zero attached hydrogens (tertiary/aromatic N) is 6. The van der Waals surface area contributed by atoms with E-state index >= 15 is 0 Å². The quantitative estimate of drug-likeness (QED) is 0.0566. The van der Waals surface area contributed by atoms with Gasteiger partial charge in [0, 0.05) is 76.1 Å². The lowest BCUT2D eigenvalue weighted by Crippen LogP contribution is -2.33. The van der Waals surface area contributed by atoms with Gasteiger partial charge in [0.1, 0.15) is 11.6 Å². The third-order valence-corrected chi connectivity index (χ3v) is 8.92. The fourth-order valence-corrected chi connectivity index (χ4v) is 5.71. The summed E-state index contributed by atoms with van der Waals surface area (Å²) < 4.78 is 87.7. The van der Waals surface area contributed by atoms with Gasteiger partial charge < -0.3 is 24.2 Å². The van der Waals surface area contributed by atoms with E-state index < -0.39 is 34.1 Å². The second kappa shape index (κ2) is 24.7. The van der Waals surface area contributed by atoms with Crippen LogP contribution in [0.4, 0.5) is 49.1 Å². The number of hydrogen-bond acceptors (Lipinski definition) is 9. The largest absolute Gasteiger partial charge is 0.423 e. The lowest BCUT2D eigenvalue weighted by atomic mass is 10.1. The summed E-state index contributed by atoms with van der Waals surface area (Å²) in [6, 6.07) is 16.2. The molecular weight excluding hydrogens is 790 g/mol. The Hall–Kier alpha value is -5.03. The van der Waals surface area contributed by atoms with Crippen LogP contribution in [0.5, 0.6) is 0 Å². The Kier molecular flexibility index (Phi) is 21.7. The maximum Gasteiger partial charge on any atom is 0.423 e. The minimum Gasteiger partial charge on any atom is -0.383 e. The molecule has 0 saturated carbocycles. The molecule has 318 valence electrons. The summed E-state index contributed by atoms with van der Waals surface area (Å²) in [6.45, 7) is 17.6. The molecule has 0 aromatic heterocycles. The molecule has 0 aliphatic heterocycles. The highest BCUT2D eigenvalue weighted by Crippen LogP contribution is 2.38. The van der Waals surface area contributed by atoms with E-state index in [1.165, 1.54) is 26.4 Å². The Morgan fingerprint density at radius 1 is 0.828 bits per heavy atom. The summed E-state index contributed by atoms with van der Waals surface area (Å²) in [4.78, 5) is 15.4. The number of ether oxygens (including phenoxy) is 2. The third-order valence-electron chi connectivity index (χ3n) is 8.61. The molecule has 0 fully saturated rings. The number of anilines is 3. The fraction of sp³-hybridized carbons (Fsp3) is 0.463. The molecule has 0 saturated heterocycles. The number of methoxy groups -OCH3 is 2. The van der Waals surface area contributed by atoms with Gasteiger partial charge in [0.25, 0.3) is 5.69 Å². The van der Waals surface area contributed by atoms with Gasteiger partial charge in [0.2, 0.25) is 0 Å². The van der Waals surface area contributed by atoms with Gasteiger partial charge in [-0.05, 0) is 82.1 Å². The zero-order chi connectivity index (χ0) is 44.2. The first kappa shape index (κ1) is 51.0. The molecule has 0 amide bonds. The van der Waals surface area contributed by atoms with E-state index in [1.54, 1.807) is 23.1 Å². The average molecular weight is 841 g/mol. The number of benzene rings is 3. The first-order valence-electron chi connectivity index (χ1n) is 18.3. The fourth-order valence-electron chi connectivity index (χ4n) is 5.49. The van der Waals surface area contributed by atoms with Gasteiger partial charge >= 0.3 is 12.4 Å². The van der Waals surface area contributed by atoms with Gasteiger partial charge in [-0.1, -0.05) is 37.6 Å². The van der Waals surface area contributed by atoms with Crippen LogP contribution in [0, 0.1) is 32.8 Å². The van der Waals surface area contributed by atoms with Crippen molar-refractivity contribution >= 4 is 34.4 Å². The maximum atomic E-state index is 13.0. The summed E-state index contributed by atoms with van der Waals surface area (Å²) in [5, 5.41) is 28.8. The molecule has 0 heterocycles. The monoisotopic (exact) mass is 840 g/mol. The highest BCUT2D eigenvalue weighted by Gasteiger charge is 2.39. The van der Waals surface area contributed by atoms with Crippen molar-refractivity contribution in [2.75, 3.05) is 74.9 Å². The highest BCUT2D eigenvalue weighted by atomic mass is 35.5. The molecule has 0 aliphatic rings. The molecule has 3 aromatic rings. The van der Waals surface area contributed by atoms with Gasteiger partial charge in [-0.15, -0.1) is 0 Å². The zero-order valence-electron chi connectivity index (χ0n) is 33.8. The summed E-state index contributed by atoms with van der Waals surface area (Å²) >= 11 is 6.00. The van der Waals surface area contributed by atoms with Crippen molar-refractivity contribution < 1.29 is 40.7 Å². The first-order valence-corrected chi connectivity index (χ1v) is 18.7. The Balaban J connectivity index is 0.000000440. The molecule has 0 radical (unpaired) electrons. The number of nitro benzene ring substituents is 1. The van der Waals surface area contributed by atoms with Gasteiger partial charge in [-0.25, -0.2) is 0 Å². The van der Waals surface area contributed by atoms with Crippen LogP contribution in [0.2, 0.25) is 5.02 Å². The molecule has 0 aliphatic carbocycles. The van der Waals surface area contributed by atoms with Crippen molar-refractivity contribution in [3.8, 4) is 12.1 Å². The van der Waals surface area contributed by atoms with Crippen LogP contribution < -0.4 is 14.7 Å². The number of hydrogen-bond donors (Lipinski definition) is 0. The molecule has 0 spiro atoms. The molecule has 1 unspecified atom stereocenters. The lowest BCUT2D eigenvalue weighted by Gasteiger charge is -2.31. The van der Waals surface area contributed by atoms with Crippen LogP contribution >= 0.6 is 11.6 Å². The summed E-state index contributed by atoms with van der Waals surface area (Å²) in [6.07, 6.45) is -7.60. The van der Waals surface area contributed by atoms with Gasteiger partial charge in [-0.3, -0.25) is 10.1 Å². The van der Waals surface area contributed by atoms with E-state index in [-0.39, 0.29) is 17.3 Å². The van der Waals surface area contributed by atoms with E-state index in [2.05, 4.69) is 24.5 Å². The third kappa shape index (κ3) is 16.1. The molecule has 0 N–H and O–H groups in total. The average Bonchev–Trinajstić information content (AvgIpc) is 3.18. The second-order valence-electron chi connectivity index (χ2n) is 13.0. The van der Waals surface area contributed by atoms with Crippen LogP contribution in [-0.2, 0) is 21.8 Å². The van der Waals surface area contributed by atoms with Crippen molar-refractivity contribution in [2.45, 2.75) is 65.9 Å². The Morgan fingerprint density at radius 3 is 1.76 bits per heavy atom. The van der Waals surface area contributed by atoms with Crippen LogP contribution in [0.3, 0.4) is 0 Å². The molecule has 10 nitrogen and oxygen atoms in total. The van der Waals surface area contributed by atoms with Crippen molar-refractivity contribution in [1.82, 2.24) is 0 Å². The van der Waals surface area contributed by atoms with Gasteiger partial charge in [0.05, 0.1) is 45.9 Å². The minimum absolute atomic E-state index is 0.156. The summed E-state index contributed by atoms with van der Waals surface area (Å²) in [5.41, 5.74) is -0.0403. The van der Waals surface area contributed by atoms with E-state index in [0.717, 1.165) is 55.4 Å². The number of nitriles is 2. The van der Waals surface area contributed by atoms with E-state index in [9.17, 15) is 36.5 Å². The Morgan fingerprint density at radius 2 is 1.33 bits per heavy atom. The van der Waals surface area contributed by atoms with Crippen LogP contribution in [0.1, 0.15) is 69.7 Å².